The van der Waals surface area contributed by atoms with Crippen LogP contribution in [0.1, 0.15) is 17.2 Å². The van der Waals surface area contributed by atoms with E-state index < -0.39 is 16.2 Å². The van der Waals surface area contributed by atoms with E-state index in [0.29, 0.717) is 6.42 Å². The van der Waals surface area contributed by atoms with Crippen molar-refractivity contribution in [2.75, 3.05) is 6.26 Å². The summed E-state index contributed by atoms with van der Waals surface area (Å²) in [4.78, 5) is 0. The van der Waals surface area contributed by atoms with Crippen LogP contribution in [-0.2, 0) is 20.7 Å². The Bertz CT molecular complexity index is 606. The first-order valence-corrected chi connectivity index (χ1v) is 7.83. The van der Waals surface area contributed by atoms with Gasteiger partial charge in [0.1, 0.15) is 6.10 Å². The molecule has 100 valence electrons. The average Bonchev–Trinajstić information content (AvgIpc) is 2.39. The average molecular weight is 276 g/mol. The maximum absolute atomic E-state index is 11.4. The summed E-state index contributed by atoms with van der Waals surface area (Å²) in [6.07, 6.45) is 1.12. The summed E-state index contributed by atoms with van der Waals surface area (Å²) < 4.78 is 28.0. The number of hydrogen-bond donors (Lipinski definition) is 0. The first-order chi connectivity index (χ1) is 9.04. The van der Waals surface area contributed by atoms with Crippen LogP contribution in [0.5, 0.6) is 0 Å². The highest BCUT2D eigenvalue weighted by Gasteiger charge is 2.18. The van der Waals surface area contributed by atoms with Crippen molar-refractivity contribution in [3.05, 3.63) is 71.8 Å². The zero-order valence-corrected chi connectivity index (χ0v) is 11.5. The van der Waals surface area contributed by atoms with E-state index in [1.165, 1.54) is 0 Å². The van der Waals surface area contributed by atoms with Crippen LogP contribution in [-0.4, -0.2) is 14.7 Å². The van der Waals surface area contributed by atoms with Crippen molar-refractivity contribution < 1.29 is 12.6 Å². The summed E-state index contributed by atoms with van der Waals surface area (Å²) in [5.41, 5.74) is 1.90. The smallest absolute Gasteiger partial charge is 0.262 e. The SMILES string of the molecule is CS(=O)(=O)OC(Cc1ccccc1)c1ccccc1. The lowest BCUT2D eigenvalue weighted by atomic mass is 10.0. The zero-order chi connectivity index (χ0) is 13.7. The van der Waals surface area contributed by atoms with Crippen molar-refractivity contribution in [3.63, 3.8) is 0 Å². The molecule has 0 radical (unpaired) electrons. The van der Waals surface area contributed by atoms with Gasteiger partial charge in [0, 0.05) is 6.42 Å². The molecule has 4 heteroatoms. The van der Waals surface area contributed by atoms with E-state index >= 15 is 0 Å². The lowest BCUT2D eigenvalue weighted by Crippen LogP contribution is -2.13. The Kier molecular flexibility index (Phi) is 4.35. The molecular weight excluding hydrogens is 260 g/mol. The Balaban J connectivity index is 2.25. The molecule has 0 aliphatic heterocycles. The molecule has 2 aromatic carbocycles. The van der Waals surface area contributed by atoms with Crippen LogP contribution in [0.4, 0.5) is 0 Å². The molecule has 3 nitrogen and oxygen atoms in total. The quantitative estimate of drug-likeness (QED) is 0.789. The van der Waals surface area contributed by atoms with E-state index in [-0.39, 0.29) is 0 Å². The molecule has 19 heavy (non-hydrogen) atoms. The highest BCUT2D eigenvalue weighted by molar-refractivity contribution is 7.86. The minimum absolute atomic E-state index is 0.487. The summed E-state index contributed by atoms with van der Waals surface area (Å²) in [5, 5.41) is 0. The molecule has 2 aromatic rings. The molecule has 0 bridgehead atoms. The molecule has 1 unspecified atom stereocenters. The van der Waals surface area contributed by atoms with Gasteiger partial charge < -0.3 is 0 Å². The van der Waals surface area contributed by atoms with Gasteiger partial charge in [-0.15, -0.1) is 0 Å². The second-order valence-electron chi connectivity index (χ2n) is 4.39. The maximum atomic E-state index is 11.4. The molecule has 0 aliphatic rings. The first-order valence-electron chi connectivity index (χ1n) is 6.02. The predicted molar refractivity (Wildman–Crippen MR) is 75.3 cm³/mol. The van der Waals surface area contributed by atoms with Gasteiger partial charge in [0.15, 0.2) is 0 Å². The van der Waals surface area contributed by atoms with Gasteiger partial charge in [0.25, 0.3) is 10.1 Å². The largest absolute Gasteiger partial charge is 0.264 e. The summed E-state index contributed by atoms with van der Waals surface area (Å²) >= 11 is 0. The van der Waals surface area contributed by atoms with Gasteiger partial charge in [-0.25, -0.2) is 0 Å². The third-order valence-corrected chi connectivity index (χ3v) is 3.31. The number of rotatable bonds is 5. The Morgan fingerprint density at radius 1 is 0.947 bits per heavy atom. The lowest BCUT2D eigenvalue weighted by Gasteiger charge is -2.16. The Morgan fingerprint density at radius 3 is 2.00 bits per heavy atom. The van der Waals surface area contributed by atoms with Crippen molar-refractivity contribution in [1.82, 2.24) is 0 Å². The monoisotopic (exact) mass is 276 g/mol. The molecule has 0 N–H and O–H groups in total. The van der Waals surface area contributed by atoms with E-state index in [1.54, 1.807) is 0 Å². The van der Waals surface area contributed by atoms with Gasteiger partial charge in [-0.1, -0.05) is 60.7 Å². The predicted octanol–water partition coefficient (Wildman–Crippen LogP) is 2.95. The van der Waals surface area contributed by atoms with Gasteiger partial charge in [-0.3, -0.25) is 4.18 Å². The van der Waals surface area contributed by atoms with E-state index in [0.717, 1.165) is 17.4 Å². The van der Waals surface area contributed by atoms with Crippen LogP contribution in [0.2, 0.25) is 0 Å². The molecule has 0 spiro atoms. The van der Waals surface area contributed by atoms with Gasteiger partial charge in [0.05, 0.1) is 6.26 Å². The molecule has 0 saturated carbocycles. The van der Waals surface area contributed by atoms with Crippen LogP contribution in [0.15, 0.2) is 60.7 Å². The molecule has 0 aliphatic carbocycles. The zero-order valence-electron chi connectivity index (χ0n) is 10.7. The first kappa shape index (κ1) is 13.8. The van der Waals surface area contributed by atoms with Crippen LogP contribution in [0.25, 0.3) is 0 Å². The van der Waals surface area contributed by atoms with E-state index in [9.17, 15) is 8.42 Å². The fraction of sp³-hybridized carbons (Fsp3) is 0.200. The summed E-state index contributed by atoms with van der Waals surface area (Å²) in [6.45, 7) is 0. The van der Waals surface area contributed by atoms with Gasteiger partial charge in [-0.05, 0) is 11.1 Å². The van der Waals surface area contributed by atoms with Crippen molar-refractivity contribution in [3.8, 4) is 0 Å². The third-order valence-electron chi connectivity index (χ3n) is 2.73. The van der Waals surface area contributed by atoms with E-state index in [2.05, 4.69) is 0 Å². The van der Waals surface area contributed by atoms with E-state index in [4.69, 9.17) is 4.18 Å². The normalized spacial score (nSPS) is 13.1. The van der Waals surface area contributed by atoms with Gasteiger partial charge in [-0.2, -0.15) is 8.42 Å². The van der Waals surface area contributed by atoms with Crippen LogP contribution < -0.4 is 0 Å². The number of hydrogen-bond acceptors (Lipinski definition) is 3. The minimum Gasteiger partial charge on any atom is -0.262 e. The Hall–Kier alpha value is -1.65. The lowest BCUT2D eigenvalue weighted by molar-refractivity contribution is 0.216. The van der Waals surface area contributed by atoms with Crippen molar-refractivity contribution in [1.29, 1.82) is 0 Å². The summed E-state index contributed by atoms with van der Waals surface area (Å²) in [7, 11) is -3.49. The van der Waals surface area contributed by atoms with Crippen molar-refractivity contribution in [2.24, 2.45) is 0 Å². The molecule has 0 amide bonds. The molecule has 0 aromatic heterocycles. The standard InChI is InChI=1S/C15H16O3S/c1-19(16,17)18-15(14-10-6-3-7-11-14)12-13-8-4-2-5-9-13/h2-11,15H,12H2,1H3. The summed E-state index contributed by atoms with van der Waals surface area (Å²) in [6, 6.07) is 19.1. The second kappa shape index (κ2) is 5.99. The van der Waals surface area contributed by atoms with Gasteiger partial charge in [0.2, 0.25) is 0 Å². The maximum Gasteiger partial charge on any atom is 0.264 e. The third kappa shape index (κ3) is 4.50. The van der Waals surface area contributed by atoms with E-state index in [1.807, 2.05) is 60.7 Å². The highest BCUT2D eigenvalue weighted by atomic mass is 32.2. The van der Waals surface area contributed by atoms with Crippen LogP contribution >= 0.6 is 0 Å². The second-order valence-corrected chi connectivity index (χ2v) is 5.99. The van der Waals surface area contributed by atoms with Crippen LogP contribution in [0, 0.1) is 0 Å². The van der Waals surface area contributed by atoms with Crippen molar-refractivity contribution in [2.45, 2.75) is 12.5 Å². The summed E-state index contributed by atoms with van der Waals surface area (Å²) in [5.74, 6) is 0. The Labute approximate surface area is 114 Å². The van der Waals surface area contributed by atoms with Gasteiger partial charge >= 0.3 is 0 Å². The molecule has 0 fully saturated rings. The highest BCUT2D eigenvalue weighted by Crippen LogP contribution is 2.23. The molecular formula is C15H16O3S. The number of benzene rings is 2. The fourth-order valence-electron chi connectivity index (χ4n) is 1.91. The molecule has 2 rings (SSSR count). The van der Waals surface area contributed by atoms with Crippen LogP contribution in [0.3, 0.4) is 0 Å². The molecule has 1 atom stereocenters. The topological polar surface area (TPSA) is 43.4 Å². The van der Waals surface area contributed by atoms with Crippen molar-refractivity contribution >= 4 is 10.1 Å². The molecule has 0 saturated heterocycles. The minimum atomic E-state index is -3.49. The fourth-order valence-corrected chi connectivity index (χ4v) is 2.52. The Morgan fingerprint density at radius 2 is 1.47 bits per heavy atom. The molecule has 0 heterocycles.